The van der Waals surface area contributed by atoms with Crippen LogP contribution in [0.25, 0.3) is 0 Å². The molecule has 0 unspecified atom stereocenters. The van der Waals surface area contributed by atoms with Gasteiger partial charge in [-0.05, 0) is 48.6 Å². The van der Waals surface area contributed by atoms with Gasteiger partial charge in [0, 0.05) is 25.8 Å². The number of benzene rings is 1. The first-order chi connectivity index (χ1) is 17.3. The Bertz CT molecular complexity index is 1110. The zero-order chi connectivity index (χ0) is 25.3. The first-order valence-corrected chi connectivity index (χ1v) is 12.2. The van der Waals surface area contributed by atoms with Crippen LogP contribution in [0, 0.1) is 11.7 Å². The van der Waals surface area contributed by atoms with Crippen molar-refractivity contribution < 1.29 is 36.9 Å². The summed E-state index contributed by atoms with van der Waals surface area (Å²) in [5.74, 6) is -2.67. The number of fused-ring (bicyclic) bond motifs is 1. The van der Waals surface area contributed by atoms with Gasteiger partial charge in [0.15, 0.2) is 5.75 Å². The predicted molar refractivity (Wildman–Crippen MR) is 123 cm³/mol. The average Bonchev–Trinajstić information content (AvgIpc) is 3.32. The Kier molecular flexibility index (Phi) is 6.82. The molecule has 0 spiro atoms. The van der Waals surface area contributed by atoms with Gasteiger partial charge in [-0.1, -0.05) is 12.1 Å². The number of pyridine rings is 1. The number of methoxy groups -OCH3 is 1. The van der Waals surface area contributed by atoms with Gasteiger partial charge in [0.1, 0.15) is 30.0 Å². The van der Waals surface area contributed by atoms with Gasteiger partial charge in [0.2, 0.25) is 5.92 Å². The molecule has 1 aliphatic carbocycles. The van der Waals surface area contributed by atoms with Crippen molar-refractivity contribution in [3.8, 4) is 11.6 Å². The number of carbonyl (C=O) groups excluding carboxylic acids is 1. The minimum Gasteiger partial charge on any atom is -0.488 e. The molecule has 1 aromatic carbocycles. The SMILES string of the molecule is COc1nc(C(=O)N2CC[C@]3(c4cccc(F)c4)OCO[C@@H]3C2)ccc1OCC1CCC(F)(F)CC1. The average molecular weight is 507 g/mol. The van der Waals surface area contributed by atoms with Gasteiger partial charge in [0.05, 0.1) is 20.3 Å². The fourth-order valence-electron chi connectivity index (χ4n) is 5.26. The summed E-state index contributed by atoms with van der Waals surface area (Å²) in [5.41, 5.74) is 0.0823. The van der Waals surface area contributed by atoms with E-state index in [2.05, 4.69) is 4.98 Å². The lowest BCUT2D eigenvalue weighted by Crippen LogP contribution is -2.53. The number of halogens is 3. The molecular weight excluding hydrogens is 477 g/mol. The summed E-state index contributed by atoms with van der Waals surface area (Å²) >= 11 is 0. The molecule has 7 nitrogen and oxygen atoms in total. The molecule has 0 radical (unpaired) electrons. The Morgan fingerprint density at radius 3 is 2.75 bits per heavy atom. The molecule has 3 aliphatic rings. The van der Waals surface area contributed by atoms with Gasteiger partial charge in [-0.3, -0.25) is 4.79 Å². The van der Waals surface area contributed by atoms with Crippen LogP contribution < -0.4 is 9.47 Å². The van der Waals surface area contributed by atoms with Gasteiger partial charge in [-0.2, -0.15) is 0 Å². The van der Waals surface area contributed by atoms with Crippen LogP contribution in [0.5, 0.6) is 11.6 Å². The van der Waals surface area contributed by atoms with Gasteiger partial charge in [0.25, 0.3) is 11.8 Å². The van der Waals surface area contributed by atoms with Crippen LogP contribution in [0.4, 0.5) is 13.2 Å². The second kappa shape index (κ2) is 9.89. The van der Waals surface area contributed by atoms with Crippen molar-refractivity contribution >= 4 is 5.91 Å². The fourth-order valence-corrected chi connectivity index (χ4v) is 5.26. The molecule has 0 N–H and O–H groups in total. The van der Waals surface area contributed by atoms with E-state index in [1.165, 1.54) is 19.2 Å². The fraction of sp³-hybridized carbons (Fsp3) is 0.538. The van der Waals surface area contributed by atoms with Crippen LogP contribution in [0.3, 0.4) is 0 Å². The van der Waals surface area contributed by atoms with Crippen LogP contribution in [0.2, 0.25) is 0 Å². The standard InChI is InChI=1S/C26H29F3N2O5/c1-33-23-21(34-15-17-7-9-25(28,29)10-8-17)6-5-20(30-23)24(32)31-12-11-26(22(14-31)35-16-36-26)18-3-2-4-19(27)13-18/h2-6,13,17,22H,7-12,14-16H2,1H3/t22-,26-/m1/s1. The lowest BCUT2D eigenvalue weighted by atomic mass is 9.82. The topological polar surface area (TPSA) is 70.1 Å². The molecule has 194 valence electrons. The van der Waals surface area contributed by atoms with Crippen molar-refractivity contribution in [1.29, 1.82) is 0 Å². The van der Waals surface area contributed by atoms with E-state index in [1.54, 1.807) is 23.1 Å². The second-order valence-electron chi connectivity index (χ2n) is 9.63. The zero-order valence-electron chi connectivity index (χ0n) is 20.1. The van der Waals surface area contributed by atoms with Crippen molar-refractivity contribution in [2.24, 2.45) is 5.92 Å². The summed E-state index contributed by atoms with van der Waals surface area (Å²) in [5, 5.41) is 0. The lowest BCUT2D eigenvalue weighted by Gasteiger charge is -2.41. The lowest BCUT2D eigenvalue weighted by molar-refractivity contribution is -0.0499. The van der Waals surface area contributed by atoms with Gasteiger partial charge < -0.3 is 23.8 Å². The van der Waals surface area contributed by atoms with Crippen LogP contribution in [-0.2, 0) is 15.1 Å². The third-order valence-electron chi connectivity index (χ3n) is 7.39. The first kappa shape index (κ1) is 24.8. The smallest absolute Gasteiger partial charge is 0.272 e. The van der Waals surface area contributed by atoms with E-state index in [9.17, 15) is 18.0 Å². The number of nitrogens with zero attached hydrogens (tertiary/aromatic N) is 2. The highest BCUT2D eigenvalue weighted by atomic mass is 19.3. The summed E-state index contributed by atoms with van der Waals surface area (Å²) in [6.07, 6.45) is 0.554. The monoisotopic (exact) mass is 506 g/mol. The zero-order valence-corrected chi connectivity index (χ0v) is 20.1. The normalized spacial score (nSPS) is 25.9. The summed E-state index contributed by atoms with van der Waals surface area (Å²) in [4.78, 5) is 19.3. The number of rotatable bonds is 6. The molecule has 0 bridgehead atoms. The number of alkyl halides is 2. The summed E-state index contributed by atoms with van der Waals surface area (Å²) < 4.78 is 63.6. The Labute approximate surface area is 207 Å². The first-order valence-electron chi connectivity index (χ1n) is 12.2. The number of piperidine rings is 1. The van der Waals surface area contributed by atoms with Gasteiger partial charge in [-0.25, -0.2) is 18.2 Å². The van der Waals surface area contributed by atoms with Crippen LogP contribution >= 0.6 is 0 Å². The van der Waals surface area contributed by atoms with Gasteiger partial charge >= 0.3 is 0 Å². The Balaban J connectivity index is 1.24. The molecule has 3 heterocycles. The molecule has 3 fully saturated rings. The van der Waals surface area contributed by atoms with Crippen molar-refractivity contribution in [1.82, 2.24) is 9.88 Å². The third kappa shape index (κ3) is 4.88. The van der Waals surface area contributed by atoms with E-state index in [-0.39, 0.29) is 62.0 Å². The molecule has 2 atom stereocenters. The summed E-state index contributed by atoms with van der Waals surface area (Å²) in [7, 11) is 1.43. The quantitative estimate of drug-likeness (QED) is 0.573. The third-order valence-corrected chi connectivity index (χ3v) is 7.39. The Morgan fingerprint density at radius 1 is 1.19 bits per heavy atom. The largest absolute Gasteiger partial charge is 0.488 e. The van der Waals surface area contributed by atoms with Crippen LogP contribution in [0.15, 0.2) is 36.4 Å². The molecule has 2 aliphatic heterocycles. The minimum atomic E-state index is -2.58. The summed E-state index contributed by atoms with van der Waals surface area (Å²) in [6, 6.07) is 9.46. The van der Waals surface area contributed by atoms with E-state index in [0.717, 1.165) is 0 Å². The molecule has 10 heteroatoms. The number of hydrogen-bond acceptors (Lipinski definition) is 6. The van der Waals surface area contributed by atoms with Crippen LogP contribution in [0.1, 0.15) is 48.2 Å². The Morgan fingerprint density at radius 2 is 2.00 bits per heavy atom. The highest BCUT2D eigenvalue weighted by Crippen LogP contribution is 2.43. The molecule has 5 rings (SSSR count). The second-order valence-corrected chi connectivity index (χ2v) is 9.63. The van der Waals surface area contributed by atoms with E-state index in [1.807, 2.05) is 6.07 Å². The molecule has 2 saturated heterocycles. The number of carbonyl (C=O) groups is 1. The van der Waals surface area contributed by atoms with E-state index >= 15 is 0 Å². The molecular formula is C26H29F3N2O5. The molecule has 36 heavy (non-hydrogen) atoms. The van der Waals surface area contributed by atoms with Crippen molar-refractivity contribution in [2.45, 2.75) is 49.7 Å². The van der Waals surface area contributed by atoms with Crippen LogP contribution in [-0.4, -0.2) is 61.4 Å². The maximum Gasteiger partial charge on any atom is 0.272 e. The number of amides is 1. The molecule has 2 aromatic rings. The number of likely N-dealkylation sites (tertiary alicyclic amines) is 1. The van der Waals surface area contributed by atoms with E-state index in [4.69, 9.17) is 18.9 Å². The Hall–Kier alpha value is -2.85. The van der Waals surface area contributed by atoms with Gasteiger partial charge in [-0.15, -0.1) is 0 Å². The number of aromatic nitrogens is 1. The number of hydrogen-bond donors (Lipinski definition) is 0. The van der Waals surface area contributed by atoms with E-state index in [0.29, 0.717) is 37.1 Å². The molecule has 1 aromatic heterocycles. The molecule has 1 amide bonds. The maximum absolute atomic E-state index is 13.9. The number of ether oxygens (including phenoxy) is 4. The minimum absolute atomic E-state index is 0.0379. The highest BCUT2D eigenvalue weighted by Gasteiger charge is 2.51. The van der Waals surface area contributed by atoms with Crippen molar-refractivity contribution in [3.63, 3.8) is 0 Å². The highest BCUT2D eigenvalue weighted by molar-refractivity contribution is 5.92. The summed E-state index contributed by atoms with van der Waals surface area (Å²) in [6.45, 7) is 1.00. The van der Waals surface area contributed by atoms with E-state index < -0.39 is 17.6 Å². The maximum atomic E-state index is 13.9. The van der Waals surface area contributed by atoms with Crippen molar-refractivity contribution in [3.05, 3.63) is 53.5 Å². The molecule has 1 saturated carbocycles. The predicted octanol–water partition coefficient (Wildman–Crippen LogP) is 4.55. The van der Waals surface area contributed by atoms with Crippen molar-refractivity contribution in [2.75, 3.05) is 33.6 Å².